The van der Waals surface area contributed by atoms with Crippen molar-refractivity contribution in [2.45, 2.75) is 109 Å². The predicted octanol–water partition coefficient (Wildman–Crippen LogP) is 7.28. The zero-order valence-electron chi connectivity index (χ0n) is 19.8. The van der Waals surface area contributed by atoms with Gasteiger partial charge in [-0.25, -0.2) is 0 Å². The molecule has 0 aliphatic heterocycles. The summed E-state index contributed by atoms with van der Waals surface area (Å²) in [5.74, 6) is 0.779. The summed E-state index contributed by atoms with van der Waals surface area (Å²) >= 11 is 1.52. The molecule has 0 bridgehead atoms. The Balaban J connectivity index is 3.10. The Morgan fingerprint density at radius 3 is 1.93 bits per heavy atom. The van der Waals surface area contributed by atoms with Crippen LogP contribution < -0.4 is 0 Å². The molecule has 0 amide bonds. The molecule has 0 saturated carbocycles. The number of carboxylic acid groups (broad SMARTS) is 1. The van der Waals surface area contributed by atoms with E-state index in [4.69, 9.17) is 0 Å². The van der Waals surface area contributed by atoms with Crippen molar-refractivity contribution >= 4 is 17.7 Å². The third-order valence-electron chi connectivity index (χ3n) is 5.60. The van der Waals surface area contributed by atoms with Crippen molar-refractivity contribution in [2.24, 2.45) is 5.92 Å². The SMILES string of the molecule is CCCCC(CC)CC(SCc1cc(C(C)(C)C)c(O)c(C(C)(C)C)c1)C(=O)O. The van der Waals surface area contributed by atoms with Gasteiger partial charge in [-0.05, 0) is 39.9 Å². The first-order valence-corrected chi connectivity index (χ1v) is 12.1. The largest absolute Gasteiger partial charge is 0.507 e. The quantitative estimate of drug-likeness (QED) is 0.416. The van der Waals surface area contributed by atoms with Crippen molar-refractivity contribution in [2.75, 3.05) is 0 Å². The van der Waals surface area contributed by atoms with Gasteiger partial charge in [-0.3, -0.25) is 4.79 Å². The molecule has 0 saturated heterocycles. The summed E-state index contributed by atoms with van der Waals surface area (Å²) in [6.07, 6.45) is 5.19. The number of thioether (sulfide) groups is 1. The molecule has 29 heavy (non-hydrogen) atoms. The van der Waals surface area contributed by atoms with Crippen molar-refractivity contribution < 1.29 is 15.0 Å². The van der Waals surface area contributed by atoms with Crippen LogP contribution in [0.1, 0.15) is 104 Å². The number of phenols is 1. The van der Waals surface area contributed by atoms with Gasteiger partial charge in [0.05, 0.1) is 0 Å². The zero-order valence-corrected chi connectivity index (χ0v) is 20.6. The first kappa shape index (κ1) is 25.9. The Hall–Kier alpha value is -1.16. The van der Waals surface area contributed by atoms with Crippen LogP contribution >= 0.6 is 11.8 Å². The highest BCUT2D eigenvalue weighted by Crippen LogP contribution is 2.40. The lowest BCUT2D eigenvalue weighted by molar-refractivity contribution is -0.136. The van der Waals surface area contributed by atoms with Gasteiger partial charge in [0, 0.05) is 5.75 Å². The van der Waals surface area contributed by atoms with Crippen LogP contribution in [0, 0.1) is 5.92 Å². The molecule has 2 N–H and O–H groups in total. The molecule has 1 rings (SSSR count). The maximum atomic E-state index is 11.9. The number of aliphatic carboxylic acids is 1. The summed E-state index contributed by atoms with van der Waals surface area (Å²) in [6.45, 7) is 17.0. The van der Waals surface area contributed by atoms with Crippen molar-refractivity contribution in [1.29, 1.82) is 0 Å². The fourth-order valence-electron chi connectivity index (χ4n) is 3.64. The van der Waals surface area contributed by atoms with Crippen LogP contribution in [0.25, 0.3) is 0 Å². The average Bonchev–Trinajstić information content (AvgIpc) is 2.59. The standard InChI is InChI=1S/C25H42O3S/c1-9-11-12-17(10-2)15-21(23(27)28)29-16-18-13-19(24(3,4)5)22(26)20(14-18)25(6,7)8/h13-14,17,21,26H,9-12,15-16H2,1-8H3,(H,27,28). The van der Waals surface area contributed by atoms with Gasteiger partial charge >= 0.3 is 5.97 Å². The molecule has 0 aromatic heterocycles. The van der Waals surface area contributed by atoms with Gasteiger partial charge in [-0.1, -0.05) is 93.2 Å². The minimum absolute atomic E-state index is 0.176. The number of carboxylic acids is 1. The molecule has 4 heteroatoms. The number of aromatic hydroxyl groups is 1. The Morgan fingerprint density at radius 1 is 1.03 bits per heavy atom. The van der Waals surface area contributed by atoms with Crippen LogP contribution in [0.3, 0.4) is 0 Å². The minimum atomic E-state index is -0.712. The lowest BCUT2D eigenvalue weighted by atomic mass is 9.78. The highest BCUT2D eigenvalue weighted by Gasteiger charge is 2.27. The summed E-state index contributed by atoms with van der Waals surface area (Å²) in [5, 5.41) is 20.3. The van der Waals surface area contributed by atoms with E-state index < -0.39 is 5.97 Å². The average molecular weight is 423 g/mol. The first-order chi connectivity index (χ1) is 13.3. The van der Waals surface area contributed by atoms with Gasteiger partial charge in [0.15, 0.2) is 0 Å². The van der Waals surface area contributed by atoms with E-state index in [2.05, 4.69) is 67.5 Å². The van der Waals surface area contributed by atoms with Crippen LogP contribution in [0.15, 0.2) is 12.1 Å². The van der Waals surface area contributed by atoms with Crippen LogP contribution in [0.4, 0.5) is 0 Å². The second kappa shape index (κ2) is 10.7. The number of hydrogen-bond donors (Lipinski definition) is 2. The molecule has 0 spiro atoms. The predicted molar refractivity (Wildman–Crippen MR) is 126 cm³/mol. The molecule has 3 nitrogen and oxygen atoms in total. The number of carbonyl (C=O) groups is 1. The van der Waals surface area contributed by atoms with E-state index in [1.54, 1.807) is 0 Å². The molecular formula is C25H42O3S. The Bertz CT molecular complexity index is 633. The number of rotatable bonds is 10. The molecule has 0 aliphatic carbocycles. The molecule has 0 aliphatic rings. The highest BCUT2D eigenvalue weighted by atomic mass is 32.2. The highest BCUT2D eigenvalue weighted by molar-refractivity contribution is 7.99. The smallest absolute Gasteiger partial charge is 0.316 e. The van der Waals surface area contributed by atoms with Crippen molar-refractivity contribution in [1.82, 2.24) is 0 Å². The summed E-state index contributed by atoms with van der Waals surface area (Å²) < 4.78 is 0. The zero-order chi connectivity index (χ0) is 22.4. The van der Waals surface area contributed by atoms with E-state index in [1.165, 1.54) is 11.8 Å². The van der Waals surface area contributed by atoms with E-state index >= 15 is 0 Å². The Labute approximate surface area is 182 Å². The second-order valence-corrected chi connectivity index (χ2v) is 11.5. The summed E-state index contributed by atoms with van der Waals surface area (Å²) in [5.41, 5.74) is 2.61. The molecule has 0 fully saturated rings. The molecule has 0 heterocycles. The van der Waals surface area contributed by atoms with Gasteiger partial charge < -0.3 is 10.2 Å². The lowest BCUT2D eigenvalue weighted by Gasteiger charge is -2.28. The maximum Gasteiger partial charge on any atom is 0.316 e. The minimum Gasteiger partial charge on any atom is -0.507 e. The monoisotopic (exact) mass is 422 g/mol. The van der Waals surface area contributed by atoms with Crippen LogP contribution in [0.5, 0.6) is 5.75 Å². The molecule has 0 radical (unpaired) electrons. The fraction of sp³-hybridized carbons (Fsp3) is 0.720. The summed E-state index contributed by atoms with van der Waals surface area (Å²) in [4.78, 5) is 11.9. The van der Waals surface area contributed by atoms with Gasteiger partial charge in [0.1, 0.15) is 11.0 Å². The van der Waals surface area contributed by atoms with Crippen molar-refractivity contribution in [3.05, 3.63) is 28.8 Å². The first-order valence-electron chi connectivity index (χ1n) is 11.0. The van der Waals surface area contributed by atoms with E-state index in [0.717, 1.165) is 48.8 Å². The third kappa shape index (κ3) is 7.88. The molecule has 1 aromatic rings. The molecule has 166 valence electrons. The van der Waals surface area contributed by atoms with E-state index in [9.17, 15) is 15.0 Å². The van der Waals surface area contributed by atoms with Crippen molar-refractivity contribution in [3.8, 4) is 5.75 Å². The Morgan fingerprint density at radius 2 is 1.55 bits per heavy atom. The van der Waals surface area contributed by atoms with Gasteiger partial charge in [0.25, 0.3) is 0 Å². The second-order valence-electron chi connectivity index (χ2n) is 10.3. The molecule has 2 atom stereocenters. The summed E-state index contributed by atoms with van der Waals surface area (Å²) in [6, 6.07) is 4.12. The molecular weight excluding hydrogens is 380 g/mol. The van der Waals surface area contributed by atoms with Gasteiger partial charge in [0.2, 0.25) is 0 Å². The number of hydrogen-bond acceptors (Lipinski definition) is 3. The fourth-order valence-corrected chi connectivity index (χ4v) is 4.75. The number of benzene rings is 1. The molecule has 1 aromatic carbocycles. The topological polar surface area (TPSA) is 57.5 Å². The van der Waals surface area contributed by atoms with E-state index in [-0.39, 0.29) is 16.1 Å². The molecule has 2 unspecified atom stereocenters. The van der Waals surface area contributed by atoms with Crippen molar-refractivity contribution in [3.63, 3.8) is 0 Å². The number of unbranched alkanes of at least 4 members (excludes halogenated alkanes) is 1. The number of phenolic OH excluding ortho intramolecular Hbond substituents is 1. The van der Waals surface area contributed by atoms with E-state index in [0.29, 0.717) is 17.4 Å². The van der Waals surface area contributed by atoms with Gasteiger partial charge in [-0.15, -0.1) is 11.8 Å². The summed E-state index contributed by atoms with van der Waals surface area (Å²) in [7, 11) is 0. The maximum absolute atomic E-state index is 11.9. The van der Waals surface area contributed by atoms with Crippen LogP contribution in [-0.2, 0) is 21.4 Å². The normalized spacial score (nSPS) is 14.6. The van der Waals surface area contributed by atoms with Crippen LogP contribution in [-0.4, -0.2) is 21.4 Å². The lowest BCUT2D eigenvalue weighted by Crippen LogP contribution is -2.21. The van der Waals surface area contributed by atoms with E-state index in [1.807, 2.05) is 0 Å². The van der Waals surface area contributed by atoms with Gasteiger partial charge in [-0.2, -0.15) is 0 Å². The Kier molecular flexibility index (Phi) is 9.59. The van der Waals surface area contributed by atoms with Crippen LogP contribution in [0.2, 0.25) is 0 Å². The third-order valence-corrected chi connectivity index (χ3v) is 6.90.